The lowest BCUT2D eigenvalue weighted by atomic mass is 9.96. The van der Waals surface area contributed by atoms with E-state index in [1.165, 1.54) is 58.2 Å². The van der Waals surface area contributed by atoms with Gasteiger partial charge < -0.3 is 15.1 Å². The maximum atomic E-state index is 3.68. The van der Waals surface area contributed by atoms with E-state index in [9.17, 15) is 0 Å². The number of rotatable bonds is 4. The fraction of sp³-hybridized carbons (Fsp3) is 1.00. The lowest BCUT2D eigenvalue weighted by Crippen LogP contribution is -2.47. The van der Waals surface area contributed by atoms with Gasteiger partial charge in [-0.2, -0.15) is 0 Å². The van der Waals surface area contributed by atoms with Crippen LogP contribution in [0.5, 0.6) is 0 Å². The van der Waals surface area contributed by atoms with Crippen molar-refractivity contribution in [3.8, 4) is 0 Å². The van der Waals surface area contributed by atoms with Crippen molar-refractivity contribution >= 4 is 0 Å². The Morgan fingerprint density at radius 1 is 1.17 bits per heavy atom. The second kappa shape index (κ2) is 6.88. The van der Waals surface area contributed by atoms with Crippen LogP contribution in [0.4, 0.5) is 0 Å². The first kappa shape index (κ1) is 14.3. The van der Waals surface area contributed by atoms with E-state index in [4.69, 9.17) is 0 Å². The average molecular weight is 253 g/mol. The summed E-state index contributed by atoms with van der Waals surface area (Å²) in [6, 6.07) is 2.34. The van der Waals surface area contributed by atoms with Gasteiger partial charge in [0.2, 0.25) is 0 Å². The molecule has 0 aromatic carbocycles. The van der Waals surface area contributed by atoms with Crippen molar-refractivity contribution in [1.82, 2.24) is 15.1 Å². The molecule has 0 saturated carbocycles. The first-order chi connectivity index (χ1) is 8.66. The summed E-state index contributed by atoms with van der Waals surface area (Å²) in [5, 5.41) is 3.68. The van der Waals surface area contributed by atoms with Crippen LogP contribution in [0.15, 0.2) is 0 Å². The number of likely N-dealkylation sites (tertiary alicyclic amines) is 1. The van der Waals surface area contributed by atoms with Gasteiger partial charge in [0.25, 0.3) is 0 Å². The molecule has 2 atom stereocenters. The van der Waals surface area contributed by atoms with Crippen molar-refractivity contribution in [2.75, 3.05) is 33.7 Å². The summed E-state index contributed by atoms with van der Waals surface area (Å²) < 4.78 is 0. The van der Waals surface area contributed by atoms with E-state index in [2.05, 4.69) is 36.1 Å². The van der Waals surface area contributed by atoms with Crippen LogP contribution >= 0.6 is 0 Å². The maximum Gasteiger partial charge on any atom is 0.0113 e. The first-order valence-electron chi connectivity index (χ1n) is 7.80. The summed E-state index contributed by atoms with van der Waals surface area (Å²) in [6.45, 7) is 6.24. The van der Waals surface area contributed by atoms with E-state index in [1.807, 2.05) is 0 Å². The molecule has 106 valence electrons. The van der Waals surface area contributed by atoms with Gasteiger partial charge in [0, 0.05) is 18.1 Å². The minimum Gasteiger partial charge on any atom is -0.314 e. The van der Waals surface area contributed by atoms with Crippen LogP contribution in [0.1, 0.15) is 45.4 Å². The number of nitrogens with one attached hydrogen (secondary N) is 1. The van der Waals surface area contributed by atoms with Gasteiger partial charge in [-0.1, -0.05) is 6.42 Å². The largest absolute Gasteiger partial charge is 0.314 e. The lowest BCUT2D eigenvalue weighted by Gasteiger charge is -2.39. The molecule has 3 heteroatoms. The van der Waals surface area contributed by atoms with Gasteiger partial charge in [0.1, 0.15) is 0 Å². The van der Waals surface area contributed by atoms with Crippen molar-refractivity contribution in [3.05, 3.63) is 0 Å². The highest BCUT2D eigenvalue weighted by Crippen LogP contribution is 2.20. The monoisotopic (exact) mass is 253 g/mol. The Kier molecular flexibility index (Phi) is 5.46. The van der Waals surface area contributed by atoms with E-state index >= 15 is 0 Å². The number of hydrogen-bond donors (Lipinski definition) is 1. The Morgan fingerprint density at radius 3 is 2.44 bits per heavy atom. The zero-order chi connectivity index (χ0) is 13.0. The predicted molar refractivity (Wildman–Crippen MR) is 78.0 cm³/mol. The molecular weight excluding hydrogens is 222 g/mol. The van der Waals surface area contributed by atoms with Crippen LogP contribution in [0.25, 0.3) is 0 Å². The highest BCUT2D eigenvalue weighted by molar-refractivity contribution is 4.83. The molecule has 18 heavy (non-hydrogen) atoms. The molecule has 3 nitrogen and oxygen atoms in total. The molecule has 1 N–H and O–H groups in total. The van der Waals surface area contributed by atoms with E-state index in [0.29, 0.717) is 0 Å². The second-order valence-corrected chi connectivity index (χ2v) is 6.46. The fourth-order valence-corrected chi connectivity index (χ4v) is 3.53. The van der Waals surface area contributed by atoms with Gasteiger partial charge in [-0.25, -0.2) is 0 Å². The van der Waals surface area contributed by atoms with Gasteiger partial charge in [0.15, 0.2) is 0 Å². The molecule has 2 aliphatic heterocycles. The van der Waals surface area contributed by atoms with Crippen LogP contribution in [-0.2, 0) is 0 Å². The van der Waals surface area contributed by atoms with Crippen LogP contribution in [0, 0.1) is 0 Å². The highest BCUT2D eigenvalue weighted by Gasteiger charge is 2.25. The van der Waals surface area contributed by atoms with Crippen molar-refractivity contribution < 1.29 is 0 Å². The highest BCUT2D eigenvalue weighted by atomic mass is 15.2. The number of piperidine rings is 2. The summed E-state index contributed by atoms with van der Waals surface area (Å²) in [5.74, 6) is 0. The normalized spacial score (nSPS) is 29.7. The summed E-state index contributed by atoms with van der Waals surface area (Å²) in [7, 11) is 4.44. The van der Waals surface area contributed by atoms with Gasteiger partial charge in [-0.3, -0.25) is 0 Å². The van der Waals surface area contributed by atoms with Gasteiger partial charge in [-0.15, -0.1) is 0 Å². The first-order valence-corrected chi connectivity index (χ1v) is 7.80. The van der Waals surface area contributed by atoms with Crippen LogP contribution in [0.2, 0.25) is 0 Å². The summed E-state index contributed by atoms with van der Waals surface area (Å²) in [6.07, 6.45) is 8.21. The molecule has 0 bridgehead atoms. The molecule has 2 heterocycles. The Labute approximate surface area is 113 Å². The van der Waals surface area contributed by atoms with Crippen molar-refractivity contribution in [1.29, 1.82) is 0 Å². The standard InChI is InChI=1S/C15H31N3/c1-13(12-14-6-4-5-9-16-14)18-10-7-15(8-11-18)17(2)3/h13-16H,4-12H2,1-3H3. The molecular formula is C15H31N3. The summed E-state index contributed by atoms with van der Waals surface area (Å²) in [5.41, 5.74) is 0. The SMILES string of the molecule is CC(CC1CCCCN1)N1CCC(N(C)C)CC1. The predicted octanol–water partition coefficient (Wildman–Crippen LogP) is 1.93. The third-order valence-electron chi connectivity index (χ3n) is 4.89. The third-order valence-corrected chi connectivity index (χ3v) is 4.89. The summed E-state index contributed by atoms with van der Waals surface area (Å²) in [4.78, 5) is 5.10. The lowest BCUT2D eigenvalue weighted by molar-refractivity contribution is 0.104. The molecule has 0 aliphatic carbocycles. The zero-order valence-corrected chi connectivity index (χ0v) is 12.5. The van der Waals surface area contributed by atoms with E-state index in [1.54, 1.807) is 0 Å². The minimum atomic E-state index is 0.753. The van der Waals surface area contributed by atoms with E-state index < -0.39 is 0 Å². The summed E-state index contributed by atoms with van der Waals surface area (Å²) >= 11 is 0. The van der Waals surface area contributed by atoms with Crippen LogP contribution in [0.3, 0.4) is 0 Å². The van der Waals surface area contributed by atoms with Gasteiger partial charge in [0.05, 0.1) is 0 Å². The van der Waals surface area contributed by atoms with Crippen molar-refractivity contribution in [2.45, 2.75) is 63.6 Å². The molecule has 2 saturated heterocycles. The molecule has 0 spiro atoms. The molecule has 0 aromatic heterocycles. The van der Waals surface area contributed by atoms with Gasteiger partial charge in [-0.05, 0) is 72.8 Å². The Hall–Kier alpha value is -0.120. The second-order valence-electron chi connectivity index (χ2n) is 6.46. The van der Waals surface area contributed by atoms with Crippen LogP contribution < -0.4 is 5.32 Å². The van der Waals surface area contributed by atoms with E-state index in [-0.39, 0.29) is 0 Å². The Morgan fingerprint density at radius 2 is 1.89 bits per heavy atom. The molecule has 2 fully saturated rings. The fourth-order valence-electron chi connectivity index (χ4n) is 3.53. The average Bonchev–Trinajstić information content (AvgIpc) is 2.40. The quantitative estimate of drug-likeness (QED) is 0.826. The molecule has 0 aromatic rings. The smallest absolute Gasteiger partial charge is 0.0113 e. The maximum absolute atomic E-state index is 3.68. The molecule has 2 rings (SSSR count). The van der Waals surface area contributed by atoms with Gasteiger partial charge >= 0.3 is 0 Å². The molecule has 2 aliphatic rings. The molecule has 2 unspecified atom stereocenters. The zero-order valence-electron chi connectivity index (χ0n) is 12.5. The number of nitrogens with zero attached hydrogens (tertiary/aromatic N) is 2. The topological polar surface area (TPSA) is 18.5 Å². The van der Waals surface area contributed by atoms with E-state index in [0.717, 1.165) is 18.1 Å². The minimum absolute atomic E-state index is 0.753. The number of hydrogen-bond acceptors (Lipinski definition) is 3. The third kappa shape index (κ3) is 3.94. The Balaban J connectivity index is 1.71. The molecule has 0 amide bonds. The van der Waals surface area contributed by atoms with Crippen LogP contribution in [-0.4, -0.2) is 61.7 Å². The van der Waals surface area contributed by atoms with Crippen molar-refractivity contribution in [2.24, 2.45) is 0 Å². The molecule has 0 radical (unpaired) electrons. The Bertz CT molecular complexity index is 228. The van der Waals surface area contributed by atoms with Crippen molar-refractivity contribution in [3.63, 3.8) is 0 Å².